The van der Waals surface area contributed by atoms with Gasteiger partial charge in [0.1, 0.15) is 35.7 Å². The normalized spacial score (nSPS) is 34.1. The summed E-state index contributed by atoms with van der Waals surface area (Å²) in [5.41, 5.74) is -0.629. The van der Waals surface area contributed by atoms with Gasteiger partial charge in [-0.15, -0.1) is 0 Å². The van der Waals surface area contributed by atoms with Gasteiger partial charge in [0.2, 0.25) is 6.29 Å². The summed E-state index contributed by atoms with van der Waals surface area (Å²) in [6, 6.07) is -2.86. The molecule has 0 aromatic heterocycles. The van der Waals surface area contributed by atoms with Crippen molar-refractivity contribution in [2.75, 3.05) is 13.7 Å². The van der Waals surface area contributed by atoms with Crippen LogP contribution in [0.2, 0.25) is 0 Å². The smallest absolute Gasteiger partial charge is 0.341 e. The number of para-hydroxylation sites is 1. The molecule has 4 N–H and O–H groups in total. The van der Waals surface area contributed by atoms with Crippen LogP contribution in [0, 0.1) is 0 Å². The molecular weight excluding hydrogens is 296 g/mol. The summed E-state index contributed by atoms with van der Waals surface area (Å²) >= 11 is 0. The molecule has 1 aromatic carbocycles. The fraction of sp³-hybridized carbons (Fsp3) is 0.500. The van der Waals surface area contributed by atoms with Gasteiger partial charge < -0.3 is 34.6 Å². The van der Waals surface area contributed by atoms with E-state index in [9.17, 15) is 25.2 Å². The molecule has 0 unspecified atom stereocenters. The maximum atomic E-state index is 11.9. The van der Waals surface area contributed by atoms with Crippen LogP contribution in [-0.4, -0.2) is 70.8 Å². The van der Waals surface area contributed by atoms with Crippen LogP contribution < -0.4 is 4.74 Å². The van der Waals surface area contributed by atoms with Gasteiger partial charge in [0.25, 0.3) is 0 Å². The second kappa shape index (κ2) is 7.03. The van der Waals surface area contributed by atoms with Gasteiger partial charge in [-0.1, -0.05) is 12.1 Å². The summed E-state index contributed by atoms with van der Waals surface area (Å²) < 4.78 is 45.9. The van der Waals surface area contributed by atoms with Crippen LogP contribution in [0.15, 0.2) is 24.2 Å². The first-order valence-corrected chi connectivity index (χ1v) is 6.31. The molecular formula is C14H18O8. The molecule has 1 saturated heterocycles. The number of ether oxygens (including phenoxy) is 3. The zero-order chi connectivity index (χ0) is 19.8. The van der Waals surface area contributed by atoms with Crippen LogP contribution in [0.5, 0.6) is 5.75 Å². The number of hydrogen-bond donors (Lipinski definition) is 4. The van der Waals surface area contributed by atoms with E-state index < -0.39 is 78.8 Å². The highest BCUT2D eigenvalue weighted by Crippen LogP contribution is 2.26. The second-order valence-corrected chi connectivity index (χ2v) is 4.51. The van der Waals surface area contributed by atoms with Crippen LogP contribution in [-0.2, 0) is 9.47 Å². The fourth-order valence-electron chi connectivity index (χ4n) is 1.92. The molecule has 1 aliphatic rings. The van der Waals surface area contributed by atoms with E-state index in [2.05, 4.69) is 4.74 Å². The van der Waals surface area contributed by atoms with E-state index in [1.165, 1.54) is 0 Å². The van der Waals surface area contributed by atoms with Gasteiger partial charge in [-0.25, -0.2) is 4.79 Å². The molecule has 8 nitrogen and oxygen atoms in total. The first kappa shape index (κ1) is 11.8. The van der Waals surface area contributed by atoms with Gasteiger partial charge in [-0.3, -0.25) is 0 Å². The summed E-state index contributed by atoms with van der Waals surface area (Å²) in [4.78, 5) is 11.9. The van der Waals surface area contributed by atoms with Crippen molar-refractivity contribution >= 4 is 5.97 Å². The Morgan fingerprint density at radius 3 is 2.59 bits per heavy atom. The molecule has 0 radical (unpaired) electrons. The SMILES string of the molecule is [2H]c1c([2H])c([2H])c(C(=O)OC)c(O[C@@H]2O[C@H](CO)[C@@H](O)[C@H](O)[C@H]2O)c1[2H]. The minimum atomic E-state index is -1.82. The minimum absolute atomic E-state index is 0.629. The Kier molecular flexibility index (Phi) is 3.77. The zero-order valence-corrected chi connectivity index (χ0v) is 11.5. The lowest BCUT2D eigenvalue weighted by atomic mass is 9.99. The van der Waals surface area contributed by atoms with E-state index in [1.807, 2.05) is 0 Å². The zero-order valence-electron chi connectivity index (χ0n) is 15.5. The number of benzene rings is 1. The Hall–Kier alpha value is -1.71. The van der Waals surface area contributed by atoms with Gasteiger partial charge in [0.05, 0.1) is 19.2 Å². The van der Waals surface area contributed by atoms with Crippen molar-refractivity contribution in [2.24, 2.45) is 0 Å². The van der Waals surface area contributed by atoms with Crippen LogP contribution >= 0.6 is 0 Å². The summed E-state index contributed by atoms with van der Waals surface area (Å²) in [5, 5.41) is 38.7. The Balaban J connectivity index is 2.50. The molecule has 0 bridgehead atoms. The quantitative estimate of drug-likeness (QED) is 0.502. The van der Waals surface area contributed by atoms with E-state index in [0.29, 0.717) is 0 Å². The van der Waals surface area contributed by atoms with E-state index in [-0.39, 0.29) is 0 Å². The topological polar surface area (TPSA) is 126 Å². The summed E-state index contributed by atoms with van der Waals surface area (Å²) in [5.74, 6) is -1.77. The third-order valence-corrected chi connectivity index (χ3v) is 3.13. The lowest BCUT2D eigenvalue weighted by Crippen LogP contribution is -2.60. The lowest BCUT2D eigenvalue weighted by Gasteiger charge is -2.39. The molecule has 1 aromatic rings. The third kappa shape index (κ3) is 3.21. The summed E-state index contributed by atoms with van der Waals surface area (Å²) in [6.45, 7) is -0.721. The number of carbonyl (C=O) groups excluding carboxylic acids is 1. The van der Waals surface area contributed by atoms with Gasteiger partial charge in [-0.05, 0) is 12.1 Å². The number of aliphatic hydroxyl groups is 4. The highest BCUT2D eigenvalue weighted by atomic mass is 16.7. The van der Waals surface area contributed by atoms with Gasteiger partial charge in [0.15, 0.2) is 0 Å². The third-order valence-electron chi connectivity index (χ3n) is 3.13. The first-order chi connectivity index (χ1) is 12.1. The van der Waals surface area contributed by atoms with Gasteiger partial charge >= 0.3 is 5.97 Å². The first-order valence-electron chi connectivity index (χ1n) is 8.31. The molecule has 1 aliphatic heterocycles. The molecule has 0 aliphatic carbocycles. The molecule has 0 amide bonds. The number of carbonyl (C=O) groups is 1. The molecule has 122 valence electrons. The highest BCUT2D eigenvalue weighted by molar-refractivity contribution is 5.92. The average molecular weight is 318 g/mol. The number of methoxy groups -OCH3 is 1. The van der Waals surface area contributed by atoms with E-state index in [1.54, 1.807) is 0 Å². The Labute approximate surface area is 132 Å². The van der Waals surface area contributed by atoms with Crippen molar-refractivity contribution in [3.63, 3.8) is 0 Å². The monoisotopic (exact) mass is 318 g/mol. The number of aliphatic hydroxyl groups excluding tert-OH is 4. The molecule has 0 spiro atoms. The summed E-state index contributed by atoms with van der Waals surface area (Å²) in [7, 11) is 1.00. The lowest BCUT2D eigenvalue weighted by molar-refractivity contribution is -0.277. The molecule has 1 heterocycles. The Bertz CT molecular complexity index is 698. The maximum absolute atomic E-state index is 11.9. The standard InChI is InChI=1S/C14H18O8/c1-20-13(19)7-4-2-3-5-8(7)21-14-12(18)11(17)10(16)9(6-15)22-14/h2-5,9-12,14-18H,6H2,1H3/t9-,10-,11+,12-,14-/m1/s1/i2D,3D,4D,5D. The maximum Gasteiger partial charge on any atom is 0.341 e. The fourth-order valence-corrected chi connectivity index (χ4v) is 1.92. The van der Waals surface area contributed by atoms with Crippen molar-refractivity contribution in [1.29, 1.82) is 0 Å². The minimum Gasteiger partial charge on any atom is -0.465 e. The largest absolute Gasteiger partial charge is 0.465 e. The van der Waals surface area contributed by atoms with Crippen molar-refractivity contribution < 1.29 is 44.9 Å². The second-order valence-electron chi connectivity index (χ2n) is 4.51. The van der Waals surface area contributed by atoms with Crippen molar-refractivity contribution in [2.45, 2.75) is 30.7 Å². The van der Waals surface area contributed by atoms with Crippen LogP contribution in [0.4, 0.5) is 0 Å². The highest BCUT2D eigenvalue weighted by Gasteiger charge is 2.44. The molecule has 5 atom stereocenters. The number of rotatable bonds is 4. The summed E-state index contributed by atoms with van der Waals surface area (Å²) in [6.07, 6.45) is -8.25. The van der Waals surface area contributed by atoms with E-state index in [4.69, 9.17) is 15.0 Å². The van der Waals surface area contributed by atoms with Gasteiger partial charge in [-0.2, -0.15) is 0 Å². The number of hydrogen-bond acceptors (Lipinski definition) is 8. The van der Waals surface area contributed by atoms with E-state index in [0.717, 1.165) is 7.11 Å². The van der Waals surface area contributed by atoms with Crippen LogP contribution in [0.25, 0.3) is 0 Å². The molecule has 2 rings (SSSR count). The number of esters is 1. The molecule has 1 fully saturated rings. The van der Waals surface area contributed by atoms with E-state index >= 15 is 0 Å². The van der Waals surface area contributed by atoms with Crippen molar-refractivity contribution in [3.05, 3.63) is 29.7 Å². The van der Waals surface area contributed by atoms with Gasteiger partial charge in [0, 0.05) is 0 Å². The molecule has 0 saturated carbocycles. The van der Waals surface area contributed by atoms with Crippen molar-refractivity contribution in [1.82, 2.24) is 0 Å². The molecule has 22 heavy (non-hydrogen) atoms. The predicted octanol–water partition coefficient (Wildman–Crippen LogP) is -1.35. The van der Waals surface area contributed by atoms with Crippen molar-refractivity contribution in [3.8, 4) is 5.75 Å². The van der Waals surface area contributed by atoms with Crippen LogP contribution in [0.3, 0.4) is 0 Å². The van der Waals surface area contributed by atoms with Crippen LogP contribution in [0.1, 0.15) is 15.8 Å². The Morgan fingerprint density at radius 1 is 1.27 bits per heavy atom. The average Bonchev–Trinajstić information content (AvgIpc) is 2.64. The molecule has 8 heteroatoms. The predicted molar refractivity (Wildman–Crippen MR) is 72.2 cm³/mol. The Morgan fingerprint density at radius 2 is 1.95 bits per heavy atom.